The minimum absolute atomic E-state index is 0.124. The summed E-state index contributed by atoms with van der Waals surface area (Å²) in [5.74, 6) is -1.19. The number of hydrogen-bond donors (Lipinski definition) is 2. The summed E-state index contributed by atoms with van der Waals surface area (Å²) in [6, 6.07) is 11.0. The molecule has 0 fully saturated rings. The molecular weight excluding hydrogens is 328 g/mol. The molecule has 3 aliphatic heterocycles. The Labute approximate surface area is 148 Å². The summed E-state index contributed by atoms with van der Waals surface area (Å²) in [5.41, 5.74) is 5.56. The van der Waals surface area contributed by atoms with E-state index in [1.54, 1.807) is 12.1 Å². The highest BCUT2D eigenvalue weighted by Gasteiger charge is 2.27. The molecule has 126 valence electrons. The molecule has 0 radical (unpaired) electrons. The van der Waals surface area contributed by atoms with Crippen LogP contribution >= 0.6 is 0 Å². The maximum absolute atomic E-state index is 12.2. The molecule has 0 aromatic carbocycles. The molecule has 0 saturated carbocycles. The summed E-state index contributed by atoms with van der Waals surface area (Å²) >= 11 is 0. The summed E-state index contributed by atoms with van der Waals surface area (Å²) in [6.45, 7) is 0. The normalized spacial score (nSPS) is 14.6. The first-order valence-electron chi connectivity index (χ1n) is 8.39. The molecule has 8 bridgehead atoms. The van der Waals surface area contributed by atoms with Crippen molar-refractivity contribution in [2.75, 3.05) is 0 Å². The number of nitrogens with zero attached hydrogens (tertiary/aromatic N) is 2. The van der Waals surface area contributed by atoms with Gasteiger partial charge in [0.15, 0.2) is 0 Å². The molecule has 2 aromatic rings. The van der Waals surface area contributed by atoms with E-state index >= 15 is 0 Å². The van der Waals surface area contributed by atoms with Gasteiger partial charge in [-0.25, -0.2) is 9.97 Å². The van der Waals surface area contributed by atoms with Crippen LogP contribution in [0.1, 0.15) is 43.8 Å². The first-order chi connectivity index (χ1) is 12.6. The second-order valence-corrected chi connectivity index (χ2v) is 6.46. The molecule has 0 unspecified atom stereocenters. The average Bonchev–Trinajstić information content (AvgIpc) is 3.38. The first kappa shape index (κ1) is 14.8. The van der Waals surface area contributed by atoms with Crippen molar-refractivity contribution in [3.05, 3.63) is 70.6 Å². The Hall–Kier alpha value is -3.54. The van der Waals surface area contributed by atoms with E-state index in [-0.39, 0.29) is 11.4 Å². The largest absolute Gasteiger partial charge is 0.362 e. The molecule has 0 amide bonds. The molecule has 6 nitrogen and oxygen atoms in total. The minimum atomic E-state index is -0.599. The predicted octanol–water partition coefficient (Wildman–Crippen LogP) is 3.06. The Bertz CT molecular complexity index is 1180. The van der Waals surface area contributed by atoms with Crippen molar-refractivity contribution in [2.45, 2.75) is 12.8 Å². The third-order valence-electron chi connectivity index (χ3n) is 4.54. The summed E-state index contributed by atoms with van der Waals surface area (Å²) in [7, 11) is 0. The van der Waals surface area contributed by atoms with E-state index in [2.05, 4.69) is 19.9 Å². The van der Waals surface area contributed by atoms with Gasteiger partial charge in [-0.15, -0.1) is 0 Å². The highest BCUT2D eigenvalue weighted by Crippen LogP contribution is 2.18. The molecule has 0 saturated heterocycles. The fourth-order valence-electron chi connectivity index (χ4n) is 3.28. The van der Waals surface area contributed by atoms with Gasteiger partial charge in [-0.05, 0) is 61.4 Å². The molecule has 6 heteroatoms. The van der Waals surface area contributed by atoms with Crippen molar-refractivity contribution in [3.8, 4) is 0 Å². The lowest BCUT2D eigenvalue weighted by atomic mass is 10.2. The van der Waals surface area contributed by atoms with Crippen molar-refractivity contribution in [2.24, 2.45) is 0 Å². The number of aromatic nitrogens is 4. The van der Waals surface area contributed by atoms with Gasteiger partial charge in [0, 0.05) is 22.4 Å². The van der Waals surface area contributed by atoms with Crippen molar-refractivity contribution >= 4 is 34.8 Å². The summed E-state index contributed by atoms with van der Waals surface area (Å²) < 4.78 is 0. The topological polar surface area (TPSA) is 91.5 Å². The van der Waals surface area contributed by atoms with Crippen LogP contribution in [0.3, 0.4) is 0 Å². The number of carbonyl (C=O) groups is 2. The number of rotatable bonds is 0. The van der Waals surface area contributed by atoms with Crippen molar-refractivity contribution in [1.29, 1.82) is 0 Å². The van der Waals surface area contributed by atoms with Gasteiger partial charge >= 0.3 is 0 Å². The molecular formula is C20H14N4O2. The van der Waals surface area contributed by atoms with E-state index in [4.69, 9.17) is 0 Å². The maximum atomic E-state index is 12.2. The lowest BCUT2D eigenvalue weighted by Crippen LogP contribution is -2.06. The van der Waals surface area contributed by atoms with E-state index < -0.39 is 11.6 Å². The number of aromatic amines is 2. The highest BCUT2D eigenvalue weighted by molar-refractivity contribution is 6.50. The van der Waals surface area contributed by atoms with Crippen LogP contribution in [0.4, 0.5) is 0 Å². The van der Waals surface area contributed by atoms with Crippen LogP contribution < -0.4 is 0 Å². The smallest absolute Gasteiger partial charge is 0.253 e. The molecule has 0 spiro atoms. The molecule has 3 aliphatic rings. The molecule has 2 N–H and O–H groups in total. The second kappa shape index (κ2) is 5.49. The number of nitrogens with one attached hydrogen (secondary N) is 2. The van der Waals surface area contributed by atoms with Crippen molar-refractivity contribution in [3.63, 3.8) is 0 Å². The Balaban J connectivity index is 1.84. The van der Waals surface area contributed by atoms with Gasteiger partial charge in [0.1, 0.15) is 11.4 Å². The zero-order chi connectivity index (χ0) is 17.7. The monoisotopic (exact) mass is 342 g/mol. The van der Waals surface area contributed by atoms with Crippen LogP contribution in [-0.2, 0) is 12.8 Å². The van der Waals surface area contributed by atoms with Gasteiger partial charge in [0.05, 0.1) is 11.4 Å². The van der Waals surface area contributed by atoms with Crippen LogP contribution in [0, 0.1) is 0 Å². The fraction of sp³-hybridized carbons (Fsp3) is 0.100. The lowest BCUT2D eigenvalue weighted by Gasteiger charge is -1.87. The van der Waals surface area contributed by atoms with Crippen LogP contribution in [0.5, 0.6) is 0 Å². The quantitative estimate of drug-likeness (QED) is 0.614. The number of H-pyrrole nitrogens is 2. The molecule has 0 aliphatic carbocycles. The Kier molecular flexibility index (Phi) is 3.12. The third kappa shape index (κ3) is 2.52. The highest BCUT2D eigenvalue weighted by atomic mass is 16.2. The van der Waals surface area contributed by atoms with Crippen LogP contribution in [-0.4, -0.2) is 31.5 Å². The molecule has 26 heavy (non-hydrogen) atoms. The zero-order valence-corrected chi connectivity index (χ0v) is 13.7. The molecule has 5 heterocycles. The standard InChI is InChI=1S/C20H14N4O2/c25-19-17-9-15-5-3-13(22-15)7-11-1-2-12(21-11)8-14-4-6-16(23-14)10-18(24-17)20(19)26/h3-10,21-22H,1-2H2. The second-order valence-electron chi connectivity index (χ2n) is 6.46. The SMILES string of the molecule is O=C1C(=O)c2cc3ccc(cc4[nH]c(cc5nc(cc1n2)C=C5)CC4)[nH]3. The summed E-state index contributed by atoms with van der Waals surface area (Å²) in [5, 5.41) is 0. The molecule has 5 rings (SSSR count). The van der Waals surface area contributed by atoms with E-state index in [1.165, 1.54) is 0 Å². The van der Waals surface area contributed by atoms with E-state index in [0.717, 1.165) is 41.0 Å². The average molecular weight is 342 g/mol. The van der Waals surface area contributed by atoms with E-state index in [0.29, 0.717) is 5.69 Å². The van der Waals surface area contributed by atoms with E-state index in [1.807, 2.05) is 36.4 Å². The van der Waals surface area contributed by atoms with Gasteiger partial charge < -0.3 is 9.97 Å². The molecule has 2 aromatic heterocycles. The van der Waals surface area contributed by atoms with Crippen LogP contribution in [0.2, 0.25) is 0 Å². The zero-order valence-electron chi connectivity index (χ0n) is 13.7. The van der Waals surface area contributed by atoms with Gasteiger partial charge in [0.25, 0.3) is 11.6 Å². The van der Waals surface area contributed by atoms with Gasteiger partial charge in [-0.3, -0.25) is 9.59 Å². The number of Topliss-reactive ketones (excluding diaryl/α,β-unsaturated/α-hetero) is 2. The predicted molar refractivity (Wildman–Crippen MR) is 97.3 cm³/mol. The van der Waals surface area contributed by atoms with E-state index in [9.17, 15) is 9.59 Å². The van der Waals surface area contributed by atoms with Crippen LogP contribution in [0.15, 0.2) is 36.4 Å². The Morgan fingerprint density at radius 3 is 2.08 bits per heavy atom. The van der Waals surface area contributed by atoms with Gasteiger partial charge in [-0.2, -0.15) is 0 Å². The third-order valence-corrected chi connectivity index (χ3v) is 4.54. The fourth-order valence-corrected chi connectivity index (χ4v) is 3.28. The number of aryl methyl sites for hydroxylation is 2. The maximum Gasteiger partial charge on any atom is 0.253 e. The minimum Gasteiger partial charge on any atom is -0.362 e. The van der Waals surface area contributed by atoms with Crippen molar-refractivity contribution in [1.82, 2.24) is 19.9 Å². The number of hydrogen-bond acceptors (Lipinski definition) is 4. The number of ketones is 2. The van der Waals surface area contributed by atoms with Crippen LogP contribution in [0.25, 0.3) is 23.2 Å². The van der Waals surface area contributed by atoms with Gasteiger partial charge in [-0.1, -0.05) is 0 Å². The summed E-state index contributed by atoms with van der Waals surface area (Å²) in [6.07, 6.45) is 5.56. The Morgan fingerprint density at radius 2 is 1.31 bits per heavy atom. The number of fused-ring (bicyclic) bond motifs is 8. The summed E-state index contributed by atoms with van der Waals surface area (Å²) in [4.78, 5) is 39.7. The first-order valence-corrected chi connectivity index (χ1v) is 8.39. The number of carbonyl (C=O) groups excluding carboxylic acids is 2. The lowest BCUT2D eigenvalue weighted by molar-refractivity contribution is 0.0825. The van der Waals surface area contributed by atoms with Gasteiger partial charge in [0.2, 0.25) is 0 Å². The van der Waals surface area contributed by atoms with Crippen molar-refractivity contribution < 1.29 is 9.59 Å². The molecule has 0 atom stereocenters. The Morgan fingerprint density at radius 1 is 0.692 bits per heavy atom.